The lowest BCUT2D eigenvalue weighted by Crippen LogP contribution is -2.46. The van der Waals surface area contributed by atoms with Crippen molar-refractivity contribution in [3.05, 3.63) is 111 Å². The highest BCUT2D eigenvalue weighted by Gasteiger charge is 2.34. The molecular weight excluding hydrogens is 560 g/mol. The van der Waals surface area contributed by atoms with Crippen molar-refractivity contribution in [3.63, 3.8) is 0 Å². The Bertz CT molecular complexity index is 1430. The summed E-state index contributed by atoms with van der Waals surface area (Å²) in [5.74, 6) is -0.938. The van der Waals surface area contributed by atoms with Crippen molar-refractivity contribution >= 4 is 66.0 Å². The molecule has 3 amide bonds. The van der Waals surface area contributed by atoms with Gasteiger partial charge >= 0.3 is 0 Å². The molecule has 4 aromatic rings. The third kappa shape index (κ3) is 3.85. The van der Waals surface area contributed by atoms with E-state index in [0.717, 1.165) is 9.86 Å². The van der Waals surface area contributed by atoms with Crippen molar-refractivity contribution in [2.24, 2.45) is 0 Å². The Balaban J connectivity index is 1.49. The molecule has 34 heavy (non-hydrogen) atoms. The van der Waals surface area contributed by atoms with E-state index in [1.165, 1.54) is 4.90 Å². The first-order chi connectivity index (χ1) is 16.5. The van der Waals surface area contributed by atoms with E-state index in [1.807, 2.05) is 60.7 Å². The smallest absolute Gasteiger partial charge is 0.261 e. The standard InChI is InChI=1S/C27H18Br2N2O3/c28-22-12-5-4-9-19(22)25(32)30(17-7-2-1-3-8-17)15-16-31-26(33)20-11-6-10-18-23(29)14-13-21(24(18)20)27(31)34/h1-14H,15-16H2. The molecule has 0 atom stereocenters. The van der Waals surface area contributed by atoms with Gasteiger partial charge in [-0.1, -0.05) is 58.4 Å². The monoisotopic (exact) mass is 576 g/mol. The van der Waals surface area contributed by atoms with Crippen LogP contribution in [0.2, 0.25) is 0 Å². The van der Waals surface area contributed by atoms with Crippen LogP contribution in [0, 0.1) is 0 Å². The number of carbonyl (C=O) groups excluding carboxylic acids is 3. The third-order valence-corrected chi connectivity index (χ3v) is 7.29. The molecule has 1 heterocycles. The molecule has 7 heteroatoms. The second-order valence-electron chi connectivity index (χ2n) is 7.86. The maximum atomic E-state index is 13.5. The number of carbonyl (C=O) groups is 3. The zero-order valence-electron chi connectivity index (χ0n) is 17.9. The fourth-order valence-electron chi connectivity index (χ4n) is 4.25. The number of nitrogens with zero attached hydrogens (tertiary/aromatic N) is 2. The summed E-state index contributed by atoms with van der Waals surface area (Å²) in [5, 5.41) is 1.48. The zero-order valence-corrected chi connectivity index (χ0v) is 21.0. The summed E-state index contributed by atoms with van der Waals surface area (Å²) in [6, 6.07) is 25.4. The van der Waals surface area contributed by atoms with E-state index in [4.69, 9.17) is 0 Å². The normalized spacial score (nSPS) is 12.8. The second-order valence-corrected chi connectivity index (χ2v) is 9.57. The Labute approximate surface area is 213 Å². The summed E-state index contributed by atoms with van der Waals surface area (Å²) in [6.07, 6.45) is 0. The number of anilines is 1. The van der Waals surface area contributed by atoms with E-state index in [9.17, 15) is 14.4 Å². The van der Waals surface area contributed by atoms with E-state index in [-0.39, 0.29) is 30.8 Å². The molecule has 1 aliphatic rings. The quantitative estimate of drug-likeness (QED) is 0.261. The Hall–Kier alpha value is -3.29. The molecule has 0 N–H and O–H groups in total. The molecule has 0 bridgehead atoms. The van der Waals surface area contributed by atoms with Crippen molar-refractivity contribution in [1.29, 1.82) is 0 Å². The summed E-state index contributed by atoms with van der Waals surface area (Å²) in [7, 11) is 0. The van der Waals surface area contributed by atoms with E-state index in [1.54, 1.807) is 29.2 Å². The summed E-state index contributed by atoms with van der Waals surface area (Å²) >= 11 is 6.96. The van der Waals surface area contributed by atoms with E-state index in [2.05, 4.69) is 31.9 Å². The van der Waals surface area contributed by atoms with Gasteiger partial charge in [-0.05, 0) is 63.8 Å². The minimum absolute atomic E-state index is 0.0641. The van der Waals surface area contributed by atoms with Gasteiger partial charge in [-0.3, -0.25) is 19.3 Å². The average molecular weight is 578 g/mol. The van der Waals surface area contributed by atoms with Crippen LogP contribution >= 0.6 is 31.9 Å². The fraction of sp³-hybridized carbons (Fsp3) is 0.0741. The van der Waals surface area contributed by atoms with Crippen LogP contribution in [0.15, 0.2) is 93.9 Å². The van der Waals surface area contributed by atoms with Crippen molar-refractivity contribution in [1.82, 2.24) is 4.90 Å². The number of para-hydroxylation sites is 1. The van der Waals surface area contributed by atoms with Gasteiger partial charge in [0.25, 0.3) is 17.7 Å². The van der Waals surface area contributed by atoms with Crippen LogP contribution in [0.5, 0.6) is 0 Å². The van der Waals surface area contributed by atoms with Crippen LogP contribution in [-0.2, 0) is 0 Å². The average Bonchev–Trinajstić information content (AvgIpc) is 2.86. The molecule has 0 aliphatic carbocycles. The first kappa shape index (κ1) is 22.5. The zero-order chi connectivity index (χ0) is 23.8. The fourth-order valence-corrected chi connectivity index (χ4v) is 5.17. The first-order valence-corrected chi connectivity index (χ1v) is 12.2. The van der Waals surface area contributed by atoms with Gasteiger partial charge in [0.1, 0.15) is 0 Å². The van der Waals surface area contributed by atoms with Crippen LogP contribution < -0.4 is 4.90 Å². The summed E-state index contributed by atoms with van der Waals surface area (Å²) < 4.78 is 1.51. The lowest BCUT2D eigenvalue weighted by atomic mass is 9.94. The second kappa shape index (κ2) is 9.16. The van der Waals surface area contributed by atoms with Crippen molar-refractivity contribution in [2.75, 3.05) is 18.0 Å². The molecule has 0 saturated heterocycles. The number of rotatable bonds is 5. The number of halogens is 2. The molecule has 5 rings (SSSR count). The van der Waals surface area contributed by atoms with Crippen LogP contribution in [0.25, 0.3) is 10.8 Å². The van der Waals surface area contributed by atoms with Gasteiger partial charge in [0.15, 0.2) is 0 Å². The topological polar surface area (TPSA) is 57.7 Å². The van der Waals surface area contributed by atoms with Gasteiger partial charge in [-0.2, -0.15) is 0 Å². The number of hydrogen-bond donors (Lipinski definition) is 0. The predicted molar refractivity (Wildman–Crippen MR) is 139 cm³/mol. The lowest BCUT2D eigenvalue weighted by molar-refractivity contribution is 0.0611. The van der Waals surface area contributed by atoms with Gasteiger partial charge in [-0.15, -0.1) is 0 Å². The summed E-state index contributed by atoms with van der Waals surface area (Å²) in [4.78, 5) is 43.0. The van der Waals surface area contributed by atoms with Gasteiger partial charge in [0, 0.05) is 44.2 Å². The molecule has 4 aromatic carbocycles. The summed E-state index contributed by atoms with van der Waals surface area (Å²) in [5.41, 5.74) is 2.16. The number of benzene rings is 4. The molecule has 168 valence electrons. The molecule has 0 spiro atoms. The molecule has 1 aliphatic heterocycles. The predicted octanol–water partition coefficient (Wildman–Crippen LogP) is 6.31. The lowest BCUT2D eigenvalue weighted by Gasteiger charge is -2.30. The van der Waals surface area contributed by atoms with Gasteiger partial charge in [0.05, 0.1) is 5.56 Å². The highest BCUT2D eigenvalue weighted by molar-refractivity contribution is 9.11. The maximum Gasteiger partial charge on any atom is 0.261 e. The van der Waals surface area contributed by atoms with Crippen molar-refractivity contribution < 1.29 is 14.4 Å². The van der Waals surface area contributed by atoms with Crippen molar-refractivity contribution in [2.45, 2.75) is 0 Å². The molecule has 0 aromatic heterocycles. The highest BCUT2D eigenvalue weighted by Crippen LogP contribution is 2.34. The SMILES string of the molecule is O=C1c2cccc3c(Br)ccc(c23)C(=O)N1CCN(C(=O)c1ccccc1Br)c1ccccc1. The minimum atomic E-state index is -0.359. The van der Waals surface area contributed by atoms with Crippen molar-refractivity contribution in [3.8, 4) is 0 Å². The number of amides is 3. The summed E-state index contributed by atoms with van der Waals surface area (Å²) in [6.45, 7) is 0.220. The molecular formula is C27H18Br2N2O3. The third-order valence-electron chi connectivity index (χ3n) is 5.90. The largest absolute Gasteiger partial charge is 0.307 e. The number of imide groups is 1. The Morgan fingerprint density at radius 2 is 1.41 bits per heavy atom. The number of hydrogen-bond acceptors (Lipinski definition) is 3. The van der Waals surface area contributed by atoms with E-state index >= 15 is 0 Å². The molecule has 0 radical (unpaired) electrons. The molecule has 0 saturated carbocycles. The van der Waals surface area contributed by atoms with Crippen LogP contribution in [0.3, 0.4) is 0 Å². The van der Waals surface area contributed by atoms with Crippen LogP contribution in [0.1, 0.15) is 31.1 Å². The minimum Gasteiger partial charge on any atom is -0.307 e. The Morgan fingerprint density at radius 3 is 2.15 bits per heavy atom. The van der Waals surface area contributed by atoms with E-state index in [0.29, 0.717) is 32.2 Å². The first-order valence-electron chi connectivity index (χ1n) is 10.7. The molecule has 0 fully saturated rings. The molecule has 5 nitrogen and oxygen atoms in total. The van der Waals surface area contributed by atoms with Gasteiger partial charge in [0.2, 0.25) is 0 Å². The highest BCUT2D eigenvalue weighted by atomic mass is 79.9. The van der Waals surface area contributed by atoms with E-state index < -0.39 is 0 Å². The van der Waals surface area contributed by atoms with Crippen LogP contribution in [-0.4, -0.2) is 35.7 Å². The van der Waals surface area contributed by atoms with Crippen LogP contribution in [0.4, 0.5) is 5.69 Å². The molecule has 0 unspecified atom stereocenters. The van der Waals surface area contributed by atoms with Gasteiger partial charge < -0.3 is 4.90 Å². The Morgan fingerprint density at radius 1 is 0.735 bits per heavy atom. The maximum absolute atomic E-state index is 13.5. The Kier molecular flexibility index (Phi) is 6.06. The van der Waals surface area contributed by atoms with Gasteiger partial charge in [-0.25, -0.2) is 0 Å².